The maximum atomic E-state index is 11.0. The Bertz CT molecular complexity index is 330. The van der Waals surface area contributed by atoms with Gasteiger partial charge in [0.1, 0.15) is 0 Å². The number of aliphatic hydroxyl groups is 1. The molecule has 14 heavy (non-hydrogen) atoms. The van der Waals surface area contributed by atoms with Crippen molar-refractivity contribution in [3.05, 3.63) is 23.5 Å². The average Bonchev–Trinajstić information content (AvgIpc) is 2.16. The number of nitrogen functional groups attached to an aromatic ring is 1. The first kappa shape index (κ1) is 12.7. The van der Waals surface area contributed by atoms with E-state index >= 15 is 0 Å². The number of halogens is 1. The fraction of sp³-hybridized carbons (Fsp3) is 0.250. The molecule has 0 amide bonds. The molecule has 0 aliphatic rings. The third-order valence-electron chi connectivity index (χ3n) is 1.54. The van der Waals surface area contributed by atoms with Gasteiger partial charge in [0.25, 0.3) is 0 Å². The molecule has 0 spiro atoms. The van der Waals surface area contributed by atoms with Crippen molar-refractivity contribution in [2.24, 2.45) is 0 Å². The summed E-state index contributed by atoms with van der Waals surface area (Å²) in [6, 6.07) is 1.49. The van der Waals surface area contributed by atoms with Crippen LogP contribution in [0.15, 0.2) is 12.3 Å². The first-order valence-electron chi connectivity index (χ1n) is 3.62. The molecule has 0 aromatic carbocycles. The zero-order valence-corrected chi connectivity index (χ0v) is 8.37. The molecule has 78 valence electrons. The molecule has 0 saturated carbocycles. The lowest BCUT2D eigenvalue weighted by Crippen LogP contribution is -2.08. The molecule has 5 nitrogen and oxygen atoms in total. The first-order chi connectivity index (χ1) is 6.19. The number of hydrogen-bond donors (Lipinski definition) is 2. The number of pyridine rings is 1. The zero-order chi connectivity index (χ0) is 9.84. The van der Waals surface area contributed by atoms with Gasteiger partial charge in [-0.15, -0.1) is 12.4 Å². The Morgan fingerprint density at radius 1 is 1.71 bits per heavy atom. The smallest absolute Gasteiger partial charge is 0.358 e. The maximum Gasteiger partial charge on any atom is 0.358 e. The number of rotatable bonds is 2. The summed E-state index contributed by atoms with van der Waals surface area (Å²) in [7, 11) is 1.25. The van der Waals surface area contributed by atoms with E-state index in [1.807, 2.05) is 0 Å². The van der Waals surface area contributed by atoms with E-state index in [4.69, 9.17) is 10.8 Å². The minimum Gasteiger partial charge on any atom is -0.464 e. The van der Waals surface area contributed by atoms with Crippen LogP contribution in [0, 0.1) is 0 Å². The van der Waals surface area contributed by atoms with Gasteiger partial charge in [-0.1, -0.05) is 0 Å². The van der Waals surface area contributed by atoms with E-state index in [0.717, 1.165) is 0 Å². The topological polar surface area (TPSA) is 85.4 Å². The minimum absolute atomic E-state index is 0. The molecular weight excluding hydrogens is 208 g/mol. The number of nitrogens with two attached hydrogens (primary N) is 1. The predicted molar refractivity (Wildman–Crippen MR) is 53.2 cm³/mol. The molecule has 0 bridgehead atoms. The lowest BCUT2D eigenvalue weighted by atomic mass is 10.2. The number of anilines is 1. The largest absolute Gasteiger partial charge is 0.464 e. The van der Waals surface area contributed by atoms with E-state index in [2.05, 4.69) is 9.72 Å². The minimum atomic E-state index is -0.581. The van der Waals surface area contributed by atoms with Gasteiger partial charge >= 0.3 is 5.97 Å². The molecule has 3 N–H and O–H groups in total. The van der Waals surface area contributed by atoms with Gasteiger partial charge in [-0.2, -0.15) is 0 Å². The summed E-state index contributed by atoms with van der Waals surface area (Å²) in [5.41, 5.74) is 6.34. The average molecular weight is 219 g/mol. The van der Waals surface area contributed by atoms with Gasteiger partial charge in [-0.3, -0.25) is 0 Å². The summed E-state index contributed by atoms with van der Waals surface area (Å²) in [5, 5.41) is 8.74. The van der Waals surface area contributed by atoms with E-state index < -0.39 is 5.97 Å². The highest BCUT2D eigenvalue weighted by molar-refractivity contribution is 5.92. The standard InChI is InChI=1S/C8H10N2O3.ClH/c1-13-8(12)7-6(9)2-5(4-11)3-10-7;/h2-3,11H,4,9H2,1H3;1H. The highest BCUT2D eigenvalue weighted by atomic mass is 35.5. The Balaban J connectivity index is 0.00000169. The maximum absolute atomic E-state index is 11.0. The molecule has 1 rings (SSSR count). The van der Waals surface area contributed by atoms with E-state index in [9.17, 15) is 4.79 Å². The van der Waals surface area contributed by atoms with Crippen LogP contribution in [0.5, 0.6) is 0 Å². The van der Waals surface area contributed by atoms with E-state index in [-0.39, 0.29) is 30.4 Å². The number of carbonyl (C=O) groups is 1. The zero-order valence-electron chi connectivity index (χ0n) is 7.56. The lowest BCUT2D eigenvalue weighted by molar-refractivity contribution is 0.0595. The SMILES string of the molecule is COC(=O)c1ncc(CO)cc1N.Cl. The molecule has 6 heteroatoms. The molecular formula is C8H11ClN2O3. The summed E-state index contributed by atoms with van der Waals surface area (Å²) in [6.07, 6.45) is 1.38. The van der Waals surface area contributed by atoms with Crippen LogP contribution in [0.1, 0.15) is 16.1 Å². The summed E-state index contributed by atoms with van der Waals surface area (Å²) in [4.78, 5) is 14.8. The van der Waals surface area contributed by atoms with Crippen LogP contribution in [0.2, 0.25) is 0 Å². The van der Waals surface area contributed by atoms with Gasteiger partial charge in [0, 0.05) is 6.20 Å². The van der Waals surface area contributed by atoms with Crippen molar-refractivity contribution >= 4 is 24.1 Å². The van der Waals surface area contributed by atoms with Crippen molar-refractivity contribution in [1.82, 2.24) is 4.98 Å². The van der Waals surface area contributed by atoms with Crippen LogP contribution in [0.25, 0.3) is 0 Å². The number of hydrogen-bond acceptors (Lipinski definition) is 5. The number of methoxy groups -OCH3 is 1. The number of aromatic nitrogens is 1. The Morgan fingerprint density at radius 3 is 2.79 bits per heavy atom. The number of esters is 1. The first-order valence-corrected chi connectivity index (χ1v) is 3.62. The third kappa shape index (κ3) is 2.58. The fourth-order valence-electron chi connectivity index (χ4n) is 0.881. The summed E-state index contributed by atoms with van der Waals surface area (Å²) >= 11 is 0. The second-order valence-electron chi connectivity index (χ2n) is 2.43. The normalized spacial score (nSPS) is 9.00. The van der Waals surface area contributed by atoms with Crippen molar-refractivity contribution < 1.29 is 14.6 Å². The lowest BCUT2D eigenvalue weighted by Gasteiger charge is -2.03. The Hall–Kier alpha value is -1.33. The van der Waals surface area contributed by atoms with Crippen LogP contribution in [-0.4, -0.2) is 23.2 Å². The molecule has 0 aliphatic heterocycles. The van der Waals surface area contributed by atoms with Crippen LogP contribution >= 0.6 is 12.4 Å². The number of ether oxygens (including phenoxy) is 1. The molecule has 0 fully saturated rings. The molecule has 1 aromatic heterocycles. The van der Waals surface area contributed by atoms with Crippen LogP contribution in [0.3, 0.4) is 0 Å². The quantitative estimate of drug-likeness (QED) is 0.701. The Morgan fingerprint density at radius 2 is 2.36 bits per heavy atom. The van der Waals surface area contributed by atoms with E-state index in [1.165, 1.54) is 19.4 Å². The molecule has 0 unspecified atom stereocenters. The molecule has 0 atom stereocenters. The summed E-state index contributed by atoms with van der Waals surface area (Å²) < 4.78 is 4.45. The van der Waals surface area contributed by atoms with Gasteiger partial charge in [-0.25, -0.2) is 9.78 Å². The monoisotopic (exact) mass is 218 g/mol. The summed E-state index contributed by atoms with van der Waals surface area (Å²) in [6.45, 7) is -0.154. The van der Waals surface area contributed by atoms with Crippen LogP contribution in [-0.2, 0) is 11.3 Å². The van der Waals surface area contributed by atoms with Gasteiger partial charge in [0.15, 0.2) is 5.69 Å². The van der Waals surface area contributed by atoms with Gasteiger partial charge in [0.2, 0.25) is 0 Å². The molecule has 0 aliphatic carbocycles. The highest BCUT2D eigenvalue weighted by Crippen LogP contribution is 2.11. The molecule has 0 radical (unpaired) electrons. The molecule has 1 heterocycles. The van der Waals surface area contributed by atoms with Crippen LogP contribution in [0.4, 0.5) is 5.69 Å². The third-order valence-corrected chi connectivity index (χ3v) is 1.54. The van der Waals surface area contributed by atoms with Crippen molar-refractivity contribution in [3.8, 4) is 0 Å². The Kier molecular flexibility index (Phi) is 4.90. The Labute approximate surface area is 87.3 Å². The highest BCUT2D eigenvalue weighted by Gasteiger charge is 2.11. The number of carbonyl (C=O) groups excluding carboxylic acids is 1. The second kappa shape index (κ2) is 5.41. The number of nitrogens with zero attached hydrogens (tertiary/aromatic N) is 1. The van der Waals surface area contributed by atoms with E-state index in [0.29, 0.717) is 5.56 Å². The van der Waals surface area contributed by atoms with Crippen molar-refractivity contribution in [3.63, 3.8) is 0 Å². The number of aliphatic hydroxyl groups excluding tert-OH is 1. The fourth-order valence-corrected chi connectivity index (χ4v) is 0.881. The van der Waals surface area contributed by atoms with Gasteiger partial charge in [0.05, 0.1) is 19.4 Å². The summed E-state index contributed by atoms with van der Waals surface area (Å²) in [5.74, 6) is -0.581. The van der Waals surface area contributed by atoms with Gasteiger partial charge < -0.3 is 15.6 Å². The predicted octanol–water partition coefficient (Wildman–Crippen LogP) is 0.365. The van der Waals surface area contributed by atoms with E-state index in [1.54, 1.807) is 0 Å². The van der Waals surface area contributed by atoms with Gasteiger partial charge in [-0.05, 0) is 11.6 Å². The molecule has 0 saturated heterocycles. The van der Waals surface area contributed by atoms with Crippen molar-refractivity contribution in [1.29, 1.82) is 0 Å². The second-order valence-corrected chi connectivity index (χ2v) is 2.43. The van der Waals surface area contributed by atoms with Crippen LogP contribution < -0.4 is 5.73 Å². The van der Waals surface area contributed by atoms with Crippen molar-refractivity contribution in [2.45, 2.75) is 6.61 Å². The van der Waals surface area contributed by atoms with Crippen molar-refractivity contribution in [2.75, 3.05) is 12.8 Å². The molecule has 1 aromatic rings.